The first-order chi connectivity index (χ1) is 10.6. The van der Waals surface area contributed by atoms with Gasteiger partial charge in [0, 0.05) is 28.2 Å². The third-order valence-electron chi connectivity index (χ3n) is 4.06. The number of hydrogen-bond donors (Lipinski definition) is 1. The zero-order chi connectivity index (χ0) is 15.7. The molecule has 22 heavy (non-hydrogen) atoms. The summed E-state index contributed by atoms with van der Waals surface area (Å²) in [6.45, 7) is 4.68. The predicted molar refractivity (Wildman–Crippen MR) is 88.4 cm³/mol. The Hall–Kier alpha value is -1.88. The third kappa shape index (κ3) is 3.14. The molecule has 0 unspecified atom stereocenters. The van der Waals surface area contributed by atoms with E-state index in [0.29, 0.717) is 24.6 Å². The van der Waals surface area contributed by atoms with Gasteiger partial charge in [0.2, 0.25) is 5.56 Å². The Labute approximate surface area is 133 Å². The van der Waals surface area contributed by atoms with E-state index in [4.69, 9.17) is 0 Å². The first kappa shape index (κ1) is 15.0. The summed E-state index contributed by atoms with van der Waals surface area (Å²) in [4.78, 5) is 30.5. The van der Waals surface area contributed by atoms with Crippen molar-refractivity contribution in [3.63, 3.8) is 0 Å². The van der Waals surface area contributed by atoms with Gasteiger partial charge in [-0.1, -0.05) is 6.92 Å². The molecule has 0 aliphatic heterocycles. The van der Waals surface area contributed by atoms with E-state index in [-0.39, 0.29) is 11.5 Å². The molecule has 4 nitrogen and oxygen atoms in total. The summed E-state index contributed by atoms with van der Waals surface area (Å²) in [6.07, 6.45) is 2.82. The number of aromatic amines is 1. The molecular formula is C17H20N2O2S. The maximum atomic E-state index is 12.9. The van der Waals surface area contributed by atoms with Crippen molar-refractivity contribution < 1.29 is 4.79 Å². The molecular weight excluding hydrogens is 296 g/mol. The fourth-order valence-electron chi connectivity index (χ4n) is 2.55. The molecule has 2 aromatic rings. The van der Waals surface area contributed by atoms with Crippen LogP contribution in [0, 0.1) is 6.92 Å². The van der Waals surface area contributed by atoms with Gasteiger partial charge < -0.3 is 9.88 Å². The van der Waals surface area contributed by atoms with Crippen molar-refractivity contribution in [2.24, 2.45) is 0 Å². The lowest BCUT2D eigenvalue weighted by atomic mass is 10.1. The molecule has 0 aromatic carbocycles. The van der Waals surface area contributed by atoms with Gasteiger partial charge in [0.25, 0.3) is 5.91 Å². The Morgan fingerprint density at radius 1 is 1.41 bits per heavy atom. The highest BCUT2D eigenvalue weighted by Gasteiger charge is 2.33. The van der Waals surface area contributed by atoms with Crippen LogP contribution in [0.5, 0.6) is 0 Å². The van der Waals surface area contributed by atoms with Crippen LogP contribution in [0.3, 0.4) is 0 Å². The van der Waals surface area contributed by atoms with Gasteiger partial charge in [-0.15, -0.1) is 11.3 Å². The van der Waals surface area contributed by atoms with Gasteiger partial charge in [0.15, 0.2) is 0 Å². The number of carbonyl (C=O) groups is 1. The van der Waals surface area contributed by atoms with Crippen molar-refractivity contribution in [1.29, 1.82) is 0 Å². The van der Waals surface area contributed by atoms with Gasteiger partial charge in [-0.05, 0) is 49.3 Å². The normalized spacial score (nSPS) is 14.1. The van der Waals surface area contributed by atoms with Crippen LogP contribution in [0.2, 0.25) is 0 Å². The molecule has 116 valence electrons. The molecule has 0 saturated heterocycles. The standard InChI is InChI=1S/C17H20N2O2S/c1-3-13-8-12(9-16(20)18-13)17(21)19(14-4-5-14)10-15-11(2)6-7-22-15/h6-9,14H,3-5,10H2,1-2H3,(H,18,20). The van der Waals surface area contributed by atoms with Crippen LogP contribution < -0.4 is 5.56 Å². The van der Waals surface area contributed by atoms with Crippen molar-refractivity contribution in [3.8, 4) is 0 Å². The topological polar surface area (TPSA) is 53.2 Å². The van der Waals surface area contributed by atoms with E-state index in [1.165, 1.54) is 16.5 Å². The van der Waals surface area contributed by atoms with Crippen molar-refractivity contribution >= 4 is 17.2 Å². The maximum Gasteiger partial charge on any atom is 0.254 e. The summed E-state index contributed by atoms with van der Waals surface area (Å²) in [5.74, 6) is -0.0314. The van der Waals surface area contributed by atoms with Crippen molar-refractivity contribution in [2.45, 2.75) is 45.7 Å². The second kappa shape index (κ2) is 6.08. The molecule has 0 bridgehead atoms. The molecule has 1 aliphatic rings. The van der Waals surface area contributed by atoms with Crippen LogP contribution in [0.1, 0.15) is 46.3 Å². The minimum absolute atomic E-state index is 0.0314. The van der Waals surface area contributed by atoms with Crippen LogP contribution in [0.25, 0.3) is 0 Å². The van der Waals surface area contributed by atoms with E-state index in [1.54, 1.807) is 17.4 Å². The zero-order valence-corrected chi connectivity index (χ0v) is 13.7. The Bertz CT molecular complexity index is 743. The van der Waals surface area contributed by atoms with E-state index in [9.17, 15) is 9.59 Å². The maximum absolute atomic E-state index is 12.9. The summed E-state index contributed by atoms with van der Waals surface area (Å²) in [5, 5.41) is 2.06. The van der Waals surface area contributed by atoms with Crippen molar-refractivity contribution in [3.05, 3.63) is 55.6 Å². The predicted octanol–water partition coefficient (Wildman–Crippen LogP) is 3.11. The van der Waals surface area contributed by atoms with E-state index in [1.807, 2.05) is 11.8 Å². The number of aromatic nitrogens is 1. The number of hydrogen-bond acceptors (Lipinski definition) is 3. The average molecular weight is 316 g/mol. The first-order valence-electron chi connectivity index (χ1n) is 7.65. The minimum atomic E-state index is -0.203. The minimum Gasteiger partial charge on any atom is -0.331 e. The molecule has 1 N–H and O–H groups in total. The number of rotatable bonds is 5. The van der Waals surface area contributed by atoms with E-state index < -0.39 is 0 Å². The highest BCUT2D eigenvalue weighted by molar-refractivity contribution is 7.10. The van der Waals surface area contributed by atoms with E-state index in [0.717, 1.165) is 18.5 Å². The van der Waals surface area contributed by atoms with E-state index >= 15 is 0 Å². The Balaban J connectivity index is 1.88. The highest BCUT2D eigenvalue weighted by atomic mass is 32.1. The number of H-pyrrole nitrogens is 1. The lowest BCUT2D eigenvalue weighted by molar-refractivity contribution is 0.0731. The molecule has 3 rings (SSSR count). The number of nitrogens with zero attached hydrogens (tertiary/aromatic N) is 1. The van der Waals surface area contributed by atoms with Gasteiger partial charge in [0.05, 0.1) is 6.54 Å². The molecule has 2 heterocycles. The molecule has 1 saturated carbocycles. The van der Waals surface area contributed by atoms with Gasteiger partial charge in [-0.2, -0.15) is 0 Å². The summed E-state index contributed by atoms with van der Waals surface area (Å²) >= 11 is 1.68. The van der Waals surface area contributed by atoms with Crippen LogP contribution in [0.4, 0.5) is 0 Å². The lowest BCUT2D eigenvalue weighted by Gasteiger charge is -2.22. The van der Waals surface area contributed by atoms with Gasteiger partial charge in [-0.3, -0.25) is 9.59 Å². The Morgan fingerprint density at radius 3 is 2.77 bits per heavy atom. The fourth-order valence-corrected chi connectivity index (χ4v) is 3.46. The third-order valence-corrected chi connectivity index (χ3v) is 5.07. The SMILES string of the molecule is CCc1cc(C(=O)N(Cc2sccc2C)C2CC2)cc(=O)[nH]1. The van der Waals surface area contributed by atoms with Crippen molar-refractivity contribution in [1.82, 2.24) is 9.88 Å². The quantitative estimate of drug-likeness (QED) is 0.921. The molecule has 2 aromatic heterocycles. The van der Waals surface area contributed by atoms with Gasteiger partial charge in [-0.25, -0.2) is 0 Å². The molecule has 1 fully saturated rings. The summed E-state index contributed by atoms with van der Waals surface area (Å²) in [6, 6.07) is 5.62. The molecule has 0 spiro atoms. The van der Waals surface area contributed by atoms with Crippen molar-refractivity contribution in [2.75, 3.05) is 0 Å². The van der Waals surface area contributed by atoms with Gasteiger partial charge in [0.1, 0.15) is 0 Å². The molecule has 0 atom stereocenters. The molecule has 0 radical (unpaired) electrons. The molecule has 1 aliphatic carbocycles. The number of amides is 1. The summed E-state index contributed by atoms with van der Waals surface area (Å²) in [7, 11) is 0. The van der Waals surface area contributed by atoms with E-state index in [2.05, 4.69) is 23.4 Å². The van der Waals surface area contributed by atoms with Crippen LogP contribution >= 0.6 is 11.3 Å². The Morgan fingerprint density at radius 2 is 2.18 bits per heavy atom. The lowest BCUT2D eigenvalue weighted by Crippen LogP contribution is -2.33. The van der Waals surface area contributed by atoms with Crippen LogP contribution in [0.15, 0.2) is 28.4 Å². The summed E-state index contributed by atoms with van der Waals surface area (Å²) in [5.41, 5.74) is 2.33. The monoisotopic (exact) mass is 316 g/mol. The Kier molecular flexibility index (Phi) is 4.16. The number of carbonyl (C=O) groups excluding carboxylic acids is 1. The van der Waals surface area contributed by atoms with Crippen LogP contribution in [-0.2, 0) is 13.0 Å². The molecule has 1 amide bonds. The number of aryl methyl sites for hydroxylation is 2. The smallest absolute Gasteiger partial charge is 0.254 e. The number of thiophene rings is 1. The fraction of sp³-hybridized carbons (Fsp3) is 0.412. The number of nitrogens with one attached hydrogen (secondary N) is 1. The van der Waals surface area contributed by atoms with Gasteiger partial charge >= 0.3 is 0 Å². The summed E-state index contributed by atoms with van der Waals surface area (Å²) < 4.78 is 0. The average Bonchev–Trinajstić information content (AvgIpc) is 3.27. The second-order valence-corrected chi connectivity index (χ2v) is 6.80. The largest absolute Gasteiger partial charge is 0.331 e. The zero-order valence-electron chi connectivity index (χ0n) is 12.9. The highest BCUT2D eigenvalue weighted by Crippen LogP contribution is 2.31. The number of pyridine rings is 1. The molecule has 5 heteroatoms. The second-order valence-electron chi connectivity index (χ2n) is 5.80. The van der Waals surface area contributed by atoms with Crippen LogP contribution in [-0.4, -0.2) is 21.8 Å². The first-order valence-corrected chi connectivity index (χ1v) is 8.53.